The summed E-state index contributed by atoms with van der Waals surface area (Å²) in [5.41, 5.74) is -0.561. The topological polar surface area (TPSA) is 41.6 Å². The lowest BCUT2D eigenvalue weighted by Gasteiger charge is -2.33. The first-order chi connectivity index (χ1) is 9.44. The number of carbonyl (C=O) groups excluding carboxylic acids is 1. The SMILES string of the molecule is CCNC(C)(CCN1CCCC1C(C)C)C(=O)OCC. The maximum atomic E-state index is 12.2. The molecule has 0 saturated carbocycles. The Bertz CT molecular complexity index is 307. The first-order valence-corrected chi connectivity index (χ1v) is 8.11. The van der Waals surface area contributed by atoms with E-state index >= 15 is 0 Å². The van der Waals surface area contributed by atoms with Crippen molar-refractivity contribution in [3.05, 3.63) is 0 Å². The maximum absolute atomic E-state index is 12.2. The summed E-state index contributed by atoms with van der Waals surface area (Å²) in [5.74, 6) is 0.563. The molecular weight excluding hydrogens is 252 g/mol. The summed E-state index contributed by atoms with van der Waals surface area (Å²) in [7, 11) is 0. The van der Waals surface area contributed by atoms with E-state index in [1.54, 1.807) is 0 Å². The van der Waals surface area contributed by atoms with Crippen molar-refractivity contribution in [1.29, 1.82) is 0 Å². The Hall–Kier alpha value is -0.610. The van der Waals surface area contributed by atoms with Crippen molar-refractivity contribution in [1.82, 2.24) is 10.2 Å². The molecule has 0 aromatic carbocycles. The molecule has 1 N–H and O–H groups in total. The molecule has 0 radical (unpaired) electrons. The summed E-state index contributed by atoms with van der Waals surface area (Å²) in [4.78, 5) is 14.7. The zero-order valence-corrected chi connectivity index (χ0v) is 13.9. The van der Waals surface area contributed by atoms with Gasteiger partial charge in [0.1, 0.15) is 5.54 Å². The van der Waals surface area contributed by atoms with Gasteiger partial charge in [-0.1, -0.05) is 20.8 Å². The van der Waals surface area contributed by atoms with E-state index in [-0.39, 0.29) is 5.97 Å². The quantitative estimate of drug-likeness (QED) is 0.695. The third-order valence-corrected chi connectivity index (χ3v) is 4.38. The van der Waals surface area contributed by atoms with Crippen molar-refractivity contribution in [3.8, 4) is 0 Å². The molecular formula is C16H32N2O2. The highest BCUT2D eigenvalue weighted by Crippen LogP contribution is 2.25. The third kappa shape index (κ3) is 4.45. The van der Waals surface area contributed by atoms with Gasteiger partial charge in [0.25, 0.3) is 0 Å². The van der Waals surface area contributed by atoms with Crippen LogP contribution >= 0.6 is 0 Å². The number of rotatable bonds is 8. The smallest absolute Gasteiger partial charge is 0.326 e. The van der Waals surface area contributed by atoms with Crippen LogP contribution in [0.2, 0.25) is 0 Å². The Morgan fingerprint density at radius 1 is 1.45 bits per heavy atom. The van der Waals surface area contributed by atoms with Crippen molar-refractivity contribution >= 4 is 5.97 Å². The summed E-state index contributed by atoms with van der Waals surface area (Å²) in [6.07, 6.45) is 3.37. The van der Waals surface area contributed by atoms with Crippen LogP contribution in [0.15, 0.2) is 0 Å². The van der Waals surface area contributed by atoms with E-state index in [0.717, 1.165) is 26.1 Å². The zero-order chi connectivity index (χ0) is 15.2. The molecule has 1 aliphatic rings. The van der Waals surface area contributed by atoms with E-state index in [0.29, 0.717) is 18.6 Å². The van der Waals surface area contributed by atoms with E-state index in [4.69, 9.17) is 4.74 Å². The van der Waals surface area contributed by atoms with Crippen molar-refractivity contribution < 1.29 is 9.53 Å². The Kier molecular flexibility index (Phi) is 6.96. The lowest BCUT2D eigenvalue weighted by molar-refractivity contribution is -0.151. The maximum Gasteiger partial charge on any atom is 0.326 e. The van der Waals surface area contributed by atoms with Gasteiger partial charge in [-0.2, -0.15) is 0 Å². The van der Waals surface area contributed by atoms with E-state index < -0.39 is 5.54 Å². The Balaban J connectivity index is 2.60. The lowest BCUT2D eigenvalue weighted by atomic mass is 9.96. The normalized spacial score (nSPS) is 23.0. The van der Waals surface area contributed by atoms with Crippen molar-refractivity contribution in [2.24, 2.45) is 5.92 Å². The van der Waals surface area contributed by atoms with Crippen molar-refractivity contribution in [2.45, 2.75) is 65.5 Å². The first-order valence-electron chi connectivity index (χ1n) is 8.11. The van der Waals surface area contributed by atoms with Gasteiger partial charge in [0.15, 0.2) is 0 Å². The van der Waals surface area contributed by atoms with Gasteiger partial charge in [-0.25, -0.2) is 0 Å². The molecule has 0 amide bonds. The number of esters is 1. The van der Waals surface area contributed by atoms with E-state index in [2.05, 4.69) is 24.1 Å². The van der Waals surface area contributed by atoms with Crippen LogP contribution in [0.25, 0.3) is 0 Å². The molecule has 4 nitrogen and oxygen atoms in total. The molecule has 20 heavy (non-hydrogen) atoms. The van der Waals surface area contributed by atoms with Gasteiger partial charge >= 0.3 is 5.97 Å². The van der Waals surface area contributed by atoms with Gasteiger partial charge in [-0.3, -0.25) is 4.79 Å². The van der Waals surface area contributed by atoms with Gasteiger partial charge in [0.2, 0.25) is 0 Å². The predicted molar refractivity (Wildman–Crippen MR) is 82.8 cm³/mol. The molecule has 1 fully saturated rings. The molecule has 0 aliphatic carbocycles. The third-order valence-electron chi connectivity index (χ3n) is 4.38. The predicted octanol–water partition coefficient (Wildman–Crippen LogP) is 2.43. The average molecular weight is 284 g/mol. The fourth-order valence-corrected chi connectivity index (χ4v) is 3.19. The summed E-state index contributed by atoms with van der Waals surface area (Å²) in [6, 6.07) is 0.670. The number of nitrogens with one attached hydrogen (secondary N) is 1. The Morgan fingerprint density at radius 2 is 2.15 bits per heavy atom. The molecule has 0 aromatic heterocycles. The highest BCUT2D eigenvalue weighted by atomic mass is 16.5. The molecule has 1 saturated heterocycles. The minimum atomic E-state index is -0.561. The highest BCUT2D eigenvalue weighted by Gasteiger charge is 2.36. The molecule has 2 unspecified atom stereocenters. The monoisotopic (exact) mass is 284 g/mol. The first kappa shape index (κ1) is 17.4. The van der Waals surface area contributed by atoms with Crippen LogP contribution in [0.1, 0.15) is 53.9 Å². The van der Waals surface area contributed by atoms with Crippen LogP contribution in [0.3, 0.4) is 0 Å². The summed E-state index contributed by atoms with van der Waals surface area (Å²) < 4.78 is 5.23. The molecule has 1 heterocycles. The molecule has 4 heteroatoms. The van der Waals surface area contributed by atoms with Gasteiger partial charge in [0, 0.05) is 12.6 Å². The zero-order valence-electron chi connectivity index (χ0n) is 13.9. The van der Waals surface area contributed by atoms with Crippen LogP contribution in [-0.4, -0.2) is 48.7 Å². The molecule has 0 spiro atoms. The highest BCUT2D eigenvalue weighted by molar-refractivity contribution is 5.80. The fraction of sp³-hybridized carbons (Fsp3) is 0.938. The minimum absolute atomic E-state index is 0.123. The van der Waals surface area contributed by atoms with Gasteiger partial charge in [0.05, 0.1) is 6.61 Å². The van der Waals surface area contributed by atoms with Gasteiger partial charge in [-0.15, -0.1) is 0 Å². The number of hydrogen-bond donors (Lipinski definition) is 1. The molecule has 118 valence electrons. The molecule has 2 atom stereocenters. The van der Waals surface area contributed by atoms with Gasteiger partial charge in [-0.05, 0) is 52.1 Å². The second-order valence-corrected chi connectivity index (χ2v) is 6.32. The lowest BCUT2D eigenvalue weighted by Crippen LogP contribution is -2.52. The van der Waals surface area contributed by atoms with Crippen LogP contribution in [0.5, 0.6) is 0 Å². The summed E-state index contributed by atoms with van der Waals surface area (Å²) in [6.45, 7) is 13.8. The largest absolute Gasteiger partial charge is 0.465 e. The Labute approximate surface area is 124 Å². The van der Waals surface area contributed by atoms with Gasteiger partial charge < -0.3 is 15.0 Å². The molecule has 1 aliphatic heterocycles. The van der Waals surface area contributed by atoms with Crippen LogP contribution in [0, 0.1) is 5.92 Å². The molecule has 0 aromatic rings. The number of likely N-dealkylation sites (N-methyl/N-ethyl adjacent to an activating group) is 1. The molecule has 1 rings (SSSR count). The number of likely N-dealkylation sites (tertiary alicyclic amines) is 1. The standard InChI is InChI=1S/C16H32N2O2/c1-6-17-16(5,15(19)20-7-2)10-12-18-11-8-9-14(18)13(3)4/h13-14,17H,6-12H2,1-5H3. The van der Waals surface area contributed by atoms with Crippen molar-refractivity contribution in [2.75, 3.05) is 26.2 Å². The average Bonchev–Trinajstić information content (AvgIpc) is 2.85. The van der Waals surface area contributed by atoms with E-state index in [9.17, 15) is 4.79 Å². The molecule has 0 bridgehead atoms. The van der Waals surface area contributed by atoms with Crippen molar-refractivity contribution in [3.63, 3.8) is 0 Å². The second-order valence-electron chi connectivity index (χ2n) is 6.32. The number of ether oxygens (including phenoxy) is 1. The second kappa shape index (κ2) is 7.99. The Morgan fingerprint density at radius 3 is 2.70 bits per heavy atom. The minimum Gasteiger partial charge on any atom is -0.465 e. The van der Waals surface area contributed by atoms with Crippen LogP contribution in [-0.2, 0) is 9.53 Å². The number of hydrogen-bond acceptors (Lipinski definition) is 4. The number of carbonyl (C=O) groups is 1. The van der Waals surface area contributed by atoms with E-state index in [1.165, 1.54) is 12.8 Å². The van der Waals surface area contributed by atoms with Crippen LogP contribution in [0.4, 0.5) is 0 Å². The fourth-order valence-electron chi connectivity index (χ4n) is 3.19. The summed E-state index contributed by atoms with van der Waals surface area (Å²) >= 11 is 0. The van der Waals surface area contributed by atoms with E-state index in [1.807, 2.05) is 20.8 Å². The number of nitrogens with zero attached hydrogens (tertiary/aromatic N) is 1. The van der Waals surface area contributed by atoms with Crippen LogP contribution < -0.4 is 5.32 Å². The summed E-state index contributed by atoms with van der Waals surface area (Å²) in [5, 5.41) is 3.31.